The third kappa shape index (κ3) is 2.70. The Labute approximate surface area is 122 Å². The molecule has 2 aromatic rings. The van der Waals surface area contributed by atoms with E-state index in [1.807, 2.05) is 20.8 Å². The molecule has 106 valence electrons. The molecule has 0 fully saturated rings. The van der Waals surface area contributed by atoms with Crippen LogP contribution in [0.3, 0.4) is 0 Å². The molecule has 0 aliphatic carbocycles. The quantitative estimate of drug-likeness (QED) is 0.749. The van der Waals surface area contributed by atoms with E-state index in [2.05, 4.69) is 0 Å². The van der Waals surface area contributed by atoms with Crippen LogP contribution in [0.4, 0.5) is 0 Å². The Kier molecular flexibility index (Phi) is 3.61. The van der Waals surface area contributed by atoms with Gasteiger partial charge in [0.2, 0.25) is 11.8 Å². The maximum absolute atomic E-state index is 12.6. The highest BCUT2D eigenvalue weighted by molar-refractivity contribution is 6.31. The molecule has 0 amide bonds. The number of ether oxygens (including phenoxy) is 1. The van der Waals surface area contributed by atoms with Crippen LogP contribution < -0.4 is 4.74 Å². The summed E-state index contributed by atoms with van der Waals surface area (Å²) in [4.78, 5) is 23.8. The molecule has 0 N–H and O–H groups in total. The Morgan fingerprint density at radius 2 is 1.85 bits per heavy atom. The maximum Gasteiger partial charge on any atom is 0.309 e. The Morgan fingerprint density at radius 3 is 2.40 bits per heavy atom. The third-order valence-electron chi connectivity index (χ3n) is 2.83. The second kappa shape index (κ2) is 4.94. The van der Waals surface area contributed by atoms with Crippen molar-refractivity contribution in [1.29, 1.82) is 0 Å². The lowest BCUT2D eigenvalue weighted by molar-refractivity contribution is -0.132. The average molecular weight is 294 g/mol. The van der Waals surface area contributed by atoms with Crippen molar-refractivity contribution < 1.29 is 14.3 Å². The first-order valence-electron chi connectivity index (χ1n) is 6.24. The summed E-state index contributed by atoms with van der Waals surface area (Å²) in [5.74, 6) is -0.414. The van der Waals surface area contributed by atoms with Gasteiger partial charge in [-0.3, -0.25) is 9.59 Å². The number of benzene rings is 1. The molecular formula is C15H16ClNO3. The van der Waals surface area contributed by atoms with Crippen LogP contribution in [0.2, 0.25) is 5.02 Å². The Balaban J connectivity index is 2.72. The van der Waals surface area contributed by atoms with Crippen LogP contribution in [0.15, 0.2) is 24.3 Å². The molecule has 4 nitrogen and oxygen atoms in total. The summed E-state index contributed by atoms with van der Waals surface area (Å²) in [5, 5.41) is 1.32. The Hall–Kier alpha value is -1.81. The van der Waals surface area contributed by atoms with E-state index in [9.17, 15) is 9.59 Å². The zero-order valence-electron chi connectivity index (χ0n) is 11.9. The molecule has 0 unspecified atom stereocenters. The zero-order chi connectivity index (χ0) is 15.1. The topological polar surface area (TPSA) is 48.3 Å². The maximum atomic E-state index is 12.6. The molecule has 20 heavy (non-hydrogen) atoms. The lowest BCUT2D eigenvalue weighted by Gasteiger charge is -2.19. The van der Waals surface area contributed by atoms with Crippen LogP contribution in [0, 0.1) is 5.41 Å². The van der Waals surface area contributed by atoms with E-state index >= 15 is 0 Å². The minimum absolute atomic E-state index is 0.161. The van der Waals surface area contributed by atoms with Crippen molar-refractivity contribution >= 4 is 34.4 Å². The summed E-state index contributed by atoms with van der Waals surface area (Å²) < 4.78 is 6.55. The van der Waals surface area contributed by atoms with Crippen LogP contribution in [0.25, 0.3) is 10.9 Å². The van der Waals surface area contributed by atoms with Gasteiger partial charge >= 0.3 is 5.97 Å². The summed E-state index contributed by atoms with van der Waals surface area (Å²) in [6, 6.07) is 6.87. The number of rotatable bonds is 1. The van der Waals surface area contributed by atoms with Gasteiger partial charge in [0.25, 0.3) is 0 Å². The summed E-state index contributed by atoms with van der Waals surface area (Å²) in [6.45, 7) is 6.73. The predicted molar refractivity (Wildman–Crippen MR) is 78.3 cm³/mol. The smallest absolute Gasteiger partial charge is 0.309 e. The first-order chi connectivity index (χ1) is 9.20. The fourth-order valence-corrected chi connectivity index (χ4v) is 2.08. The molecule has 0 aliphatic heterocycles. The molecule has 1 aromatic carbocycles. The molecular weight excluding hydrogens is 278 g/mol. The molecule has 0 spiro atoms. The highest BCUT2D eigenvalue weighted by Crippen LogP contribution is 2.31. The van der Waals surface area contributed by atoms with E-state index in [0.29, 0.717) is 10.5 Å². The van der Waals surface area contributed by atoms with Crippen molar-refractivity contribution in [2.45, 2.75) is 27.7 Å². The lowest BCUT2D eigenvalue weighted by Crippen LogP contribution is -2.27. The van der Waals surface area contributed by atoms with E-state index in [-0.39, 0.29) is 11.8 Å². The van der Waals surface area contributed by atoms with E-state index in [0.717, 1.165) is 5.39 Å². The normalized spacial score (nSPS) is 11.7. The number of fused-ring (bicyclic) bond motifs is 1. The van der Waals surface area contributed by atoms with E-state index < -0.39 is 11.4 Å². The fourth-order valence-electron chi connectivity index (χ4n) is 1.92. The fraction of sp³-hybridized carbons (Fsp3) is 0.333. The monoisotopic (exact) mass is 293 g/mol. The number of carbonyl (C=O) groups is 2. The number of hydrogen-bond acceptors (Lipinski definition) is 3. The SMILES string of the molecule is CC(=O)Oc1cc2ccc(Cl)cc2n1C(=O)C(C)(C)C. The van der Waals surface area contributed by atoms with Gasteiger partial charge in [-0.05, 0) is 12.1 Å². The van der Waals surface area contributed by atoms with Crippen LogP contribution >= 0.6 is 11.6 Å². The minimum atomic E-state index is -0.608. The highest BCUT2D eigenvalue weighted by atomic mass is 35.5. The Bertz CT molecular complexity index is 695. The van der Waals surface area contributed by atoms with Gasteiger partial charge in [0.15, 0.2) is 0 Å². The van der Waals surface area contributed by atoms with Crippen molar-refractivity contribution in [3.05, 3.63) is 29.3 Å². The van der Waals surface area contributed by atoms with Gasteiger partial charge in [-0.1, -0.05) is 38.4 Å². The van der Waals surface area contributed by atoms with Gasteiger partial charge in [-0.15, -0.1) is 0 Å². The molecule has 0 radical (unpaired) electrons. The van der Waals surface area contributed by atoms with Gasteiger partial charge < -0.3 is 4.74 Å². The molecule has 0 bridgehead atoms. The second-order valence-corrected chi connectivity index (χ2v) is 6.11. The van der Waals surface area contributed by atoms with Gasteiger partial charge in [0.1, 0.15) is 0 Å². The van der Waals surface area contributed by atoms with Gasteiger partial charge in [0, 0.05) is 28.8 Å². The van der Waals surface area contributed by atoms with Crippen LogP contribution in [-0.2, 0) is 4.79 Å². The third-order valence-corrected chi connectivity index (χ3v) is 3.06. The number of esters is 1. The van der Waals surface area contributed by atoms with Gasteiger partial charge in [-0.2, -0.15) is 0 Å². The summed E-state index contributed by atoms with van der Waals surface area (Å²) in [5.41, 5.74) is 0.0251. The summed E-state index contributed by atoms with van der Waals surface area (Å²) in [7, 11) is 0. The highest BCUT2D eigenvalue weighted by Gasteiger charge is 2.27. The molecule has 5 heteroatoms. The van der Waals surface area contributed by atoms with Crippen LogP contribution in [0.1, 0.15) is 32.5 Å². The number of halogens is 1. The van der Waals surface area contributed by atoms with Crippen molar-refractivity contribution in [1.82, 2.24) is 4.57 Å². The second-order valence-electron chi connectivity index (χ2n) is 5.67. The zero-order valence-corrected chi connectivity index (χ0v) is 12.6. The molecule has 0 aliphatic rings. The molecule has 1 aromatic heterocycles. The van der Waals surface area contributed by atoms with Gasteiger partial charge in [-0.25, -0.2) is 4.57 Å². The molecule has 1 heterocycles. The standard InChI is InChI=1S/C15H16ClNO3/c1-9(18)20-13-7-10-5-6-11(16)8-12(10)17(13)14(19)15(2,3)4/h5-8H,1-4H3. The van der Waals surface area contributed by atoms with Crippen molar-refractivity contribution in [2.75, 3.05) is 0 Å². The predicted octanol–water partition coefficient (Wildman–Crippen LogP) is 3.91. The van der Waals surface area contributed by atoms with Crippen LogP contribution in [-0.4, -0.2) is 16.4 Å². The lowest BCUT2D eigenvalue weighted by atomic mass is 9.95. The average Bonchev–Trinajstić information content (AvgIpc) is 2.63. The first kappa shape index (κ1) is 14.6. The Morgan fingerprint density at radius 1 is 1.20 bits per heavy atom. The van der Waals surface area contributed by atoms with Crippen molar-refractivity contribution in [2.24, 2.45) is 5.41 Å². The summed E-state index contributed by atoms with van der Waals surface area (Å²) in [6.07, 6.45) is 0. The molecule has 0 saturated carbocycles. The number of hydrogen-bond donors (Lipinski definition) is 0. The van der Waals surface area contributed by atoms with E-state index in [1.165, 1.54) is 11.5 Å². The van der Waals surface area contributed by atoms with E-state index in [4.69, 9.17) is 16.3 Å². The van der Waals surface area contributed by atoms with Gasteiger partial charge in [0.05, 0.1) is 5.52 Å². The number of nitrogens with zero attached hydrogens (tertiary/aromatic N) is 1. The molecule has 2 rings (SSSR count). The summed E-state index contributed by atoms with van der Waals surface area (Å²) >= 11 is 5.99. The molecule has 0 saturated heterocycles. The number of carbonyl (C=O) groups excluding carboxylic acids is 2. The molecule has 0 atom stereocenters. The number of aromatic nitrogens is 1. The minimum Gasteiger partial charge on any atom is -0.409 e. The van der Waals surface area contributed by atoms with E-state index in [1.54, 1.807) is 24.3 Å². The van der Waals surface area contributed by atoms with Crippen molar-refractivity contribution in [3.63, 3.8) is 0 Å². The largest absolute Gasteiger partial charge is 0.409 e. The van der Waals surface area contributed by atoms with Crippen LogP contribution in [0.5, 0.6) is 5.88 Å². The van der Waals surface area contributed by atoms with Crippen molar-refractivity contribution in [3.8, 4) is 5.88 Å². The first-order valence-corrected chi connectivity index (χ1v) is 6.62.